The lowest BCUT2D eigenvalue weighted by Crippen LogP contribution is -2.11. The van der Waals surface area contributed by atoms with Crippen LogP contribution in [0.4, 0.5) is 0 Å². The molecule has 3 nitrogen and oxygen atoms in total. The summed E-state index contributed by atoms with van der Waals surface area (Å²) < 4.78 is 7.17. The van der Waals surface area contributed by atoms with Gasteiger partial charge in [-0.1, -0.05) is 6.92 Å². The van der Waals surface area contributed by atoms with E-state index >= 15 is 0 Å². The quantitative estimate of drug-likeness (QED) is 0.742. The number of hydrogen-bond donors (Lipinski definition) is 0. The molecule has 0 amide bonds. The van der Waals surface area contributed by atoms with Gasteiger partial charge in [-0.15, -0.1) is 0 Å². The Morgan fingerprint density at radius 2 is 2.27 bits per heavy atom. The summed E-state index contributed by atoms with van der Waals surface area (Å²) in [6.07, 6.45) is 1.89. The van der Waals surface area contributed by atoms with Crippen LogP contribution in [0.3, 0.4) is 0 Å². The SMILES string of the molecule is CCC(C)n1c(C#N)ccc1CCOC. The van der Waals surface area contributed by atoms with Gasteiger partial charge >= 0.3 is 0 Å². The molecule has 1 heterocycles. The number of methoxy groups -OCH3 is 1. The van der Waals surface area contributed by atoms with Crippen LogP contribution < -0.4 is 0 Å². The Balaban J connectivity index is 2.96. The van der Waals surface area contributed by atoms with Crippen molar-refractivity contribution in [3.63, 3.8) is 0 Å². The molecule has 1 unspecified atom stereocenters. The van der Waals surface area contributed by atoms with Crippen molar-refractivity contribution in [3.8, 4) is 6.07 Å². The van der Waals surface area contributed by atoms with E-state index in [-0.39, 0.29) is 0 Å². The fourth-order valence-electron chi connectivity index (χ4n) is 1.70. The summed E-state index contributed by atoms with van der Waals surface area (Å²) in [5.41, 5.74) is 1.93. The maximum absolute atomic E-state index is 9.00. The average Bonchev–Trinajstić information content (AvgIpc) is 2.68. The minimum absolute atomic E-state index is 0.376. The summed E-state index contributed by atoms with van der Waals surface area (Å²) >= 11 is 0. The van der Waals surface area contributed by atoms with Crippen molar-refractivity contribution in [2.24, 2.45) is 0 Å². The van der Waals surface area contributed by atoms with Crippen molar-refractivity contribution in [3.05, 3.63) is 23.5 Å². The predicted octanol–water partition coefficient (Wildman–Crippen LogP) is 2.52. The normalized spacial score (nSPS) is 12.4. The van der Waals surface area contributed by atoms with Gasteiger partial charge in [0.05, 0.1) is 6.61 Å². The molecule has 0 N–H and O–H groups in total. The van der Waals surface area contributed by atoms with Crippen LogP contribution in [-0.2, 0) is 11.2 Å². The fraction of sp³-hybridized carbons (Fsp3) is 0.583. The van der Waals surface area contributed by atoms with Gasteiger partial charge in [0.15, 0.2) is 0 Å². The average molecular weight is 206 g/mol. The zero-order chi connectivity index (χ0) is 11.3. The molecule has 15 heavy (non-hydrogen) atoms. The molecule has 0 saturated carbocycles. The van der Waals surface area contributed by atoms with Crippen molar-refractivity contribution < 1.29 is 4.74 Å². The largest absolute Gasteiger partial charge is 0.384 e. The van der Waals surface area contributed by atoms with Gasteiger partial charge in [-0.2, -0.15) is 5.26 Å². The van der Waals surface area contributed by atoms with Crippen molar-refractivity contribution in [1.29, 1.82) is 5.26 Å². The van der Waals surface area contributed by atoms with Gasteiger partial charge < -0.3 is 9.30 Å². The van der Waals surface area contributed by atoms with E-state index in [1.54, 1.807) is 7.11 Å². The van der Waals surface area contributed by atoms with Crippen molar-refractivity contribution in [1.82, 2.24) is 4.57 Å². The fourth-order valence-corrected chi connectivity index (χ4v) is 1.70. The molecule has 0 aliphatic carbocycles. The summed E-state index contributed by atoms with van der Waals surface area (Å²) in [7, 11) is 1.70. The maximum Gasteiger partial charge on any atom is 0.120 e. The molecular formula is C12H18N2O. The van der Waals surface area contributed by atoms with Gasteiger partial charge in [-0.3, -0.25) is 0 Å². The first-order valence-corrected chi connectivity index (χ1v) is 5.33. The van der Waals surface area contributed by atoms with Crippen molar-refractivity contribution in [2.75, 3.05) is 13.7 Å². The second-order valence-electron chi connectivity index (χ2n) is 3.69. The van der Waals surface area contributed by atoms with E-state index < -0.39 is 0 Å². The van der Waals surface area contributed by atoms with E-state index in [4.69, 9.17) is 10.00 Å². The summed E-state index contributed by atoms with van der Waals surface area (Å²) in [6.45, 7) is 4.97. The summed E-state index contributed by atoms with van der Waals surface area (Å²) in [4.78, 5) is 0. The molecule has 0 radical (unpaired) electrons. The number of rotatable bonds is 5. The van der Waals surface area contributed by atoms with Gasteiger partial charge in [0.2, 0.25) is 0 Å². The van der Waals surface area contributed by atoms with E-state index in [0.29, 0.717) is 12.6 Å². The highest BCUT2D eigenvalue weighted by molar-refractivity contribution is 5.28. The van der Waals surface area contributed by atoms with E-state index in [1.807, 2.05) is 12.1 Å². The molecule has 3 heteroatoms. The van der Waals surface area contributed by atoms with Crippen LogP contribution in [0.25, 0.3) is 0 Å². The molecule has 0 aliphatic rings. The van der Waals surface area contributed by atoms with Crippen LogP contribution in [0.1, 0.15) is 37.7 Å². The number of ether oxygens (including phenoxy) is 1. The van der Waals surface area contributed by atoms with E-state index in [1.165, 1.54) is 5.69 Å². The lowest BCUT2D eigenvalue weighted by atomic mass is 10.2. The van der Waals surface area contributed by atoms with E-state index in [9.17, 15) is 0 Å². The third kappa shape index (κ3) is 2.60. The number of nitriles is 1. The first-order valence-electron chi connectivity index (χ1n) is 5.33. The summed E-state index contributed by atoms with van der Waals surface area (Å²) in [5.74, 6) is 0. The molecule has 0 fully saturated rings. The highest BCUT2D eigenvalue weighted by atomic mass is 16.5. The molecular weight excluding hydrogens is 188 g/mol. The van der Waals surface area contributed by atoms with Crippen molar-refractivity contribution in [2.45, 2.75) is 32.7 Å². The zero-order valence-corrected chi connectivity index (χ0v) is 9.66. The zero-order valence-electron chi connectivity index (χ0n) is 9.66. The Morgan fingerprint density at radius 1 is 1.53 bits per heavy atom. The van der Waals surface area contributed by atoms with Gasteiger partial charge in [-0.25, -0.2) is 0 Å². The Hall–Kier alpha value is -1.27. The van der Waals surface area contributed by atoms with Gasteiger partial charge in [0.25, 0.3) is 0 Å². The molecule has 0 aromatic carbocycles. The molecule has 1 rings (SSSR count). The molecule has 1 aromatic rings. The summed E-state index contributed by atoms with van der Waals surface area (Å²) in [5, 5.41) is 9.00. The molecule has 0 saturated heterocycles. The summed E-state index contributed by atoms with van der Waals surface area (Å²) in [6, 6.07) is 6.51. The van der Waals surface area contributed by atoms with Crippen LogP contribution in [-0.4, -0.2) is 18.3 Å². The molecule has 0 aliphatic heterocycles. The van der Waals surface area contributed by atoms with Crippen LogP contribution >= 0.6 is 0 Å². The molecule has 1 atom stereocenters. The Bertz CT molecular complexity index is 349. The Labute approximate surface area is 91.3 Å². The lowest BCUT2D eigenvalue weighted by molar-refractivity contribution is 0.200. The van der Waals surface area contributed by atoms with Crippen molar-refractivity contribution >= 4 is 0 Å². The van der Waals surface area contributed by atoms with Crippen LogP contribution in [0.2, 0.25) is 0 Å². The highest BCUT2D eigenvalue weighted by Crippen LogP contribution is 2.19. The highest BCUT2D eigenvalue weighted by Gasteiger charge is 2.11. The lowest BCUT2D eigenvalue weighted by Gasteiger charge is -2.16. The monoisotopic (exact) mass is 206 g/mol. The number of hydrogen-bond acceptors (Lipinski definition) is 2. The van der Waals surface area contributed by atoms with Crippen LogP contribution in [0.15, 0.2) is 12.1 Å². The molecule has 0 bridgehead atoms. The second-order valence-corrected chi connectivity index (χ2v) is 3.69. The van der Waals surface area contributed by atoms with E-state index in [0.717, 1.165) is 18.5 Å². The van der Waals surface area contributed by atoms with Gasteiger partial charge in [0, 0.05) is 25.3 Å². The minimum Gasteiger partial charge on any atom is -0.384 e. The second kappa shape index (κ2) is 5.57. The smallest absolute Gasteiger partial charge is 0.120 e. The number of nitrogens with zero attached hydrogens (tertiary/aromatic N) is 2. The van der Waals surface area contributed by atoms with Crippen LogP contribution in [0.5, 0.6) is 0 Å². The molecule has 1 aromatic heterocycles. The Kier molecular flexibility index (Phi) is 4.38. The standard InChI is InChI=1S/C12H18N2O/c1-4-10(2)14-11(7-8-15-3)5-6-12(14)9-13/h5-6,10H,4,7-8H2,1-3H3. The Morgan fingerprint density at radius 3 is 2.80 bits per heavy atom. The third-order valence-electron chi connectivity index (χ3n) is 2.71. The minimum atomic E-state index is 0.376. The molecule has 0 spiro atoms. The first-order chi connectivity index (χ1) is 7.24. The van der Waals surface area contributed by atoms with Gasteiger partial charge in [-0.05, 0) is 25.5 Å². The van der Waals surface area contributed by atoms with E-state index in [2.05, 4.69) is 24.5 Å². The third-order valence-corrected chi connectivity index (χ3v) is 2.71. The topological polar surface area (TPSA) is 38.0 Å². The van der Waals surface area contributed by atoms with Gasteiger partial charge in [0.1, 0.15) is 11.8 Å². The first kappa shape index (κ1) is 11.8. The predicted molar refractivity (Wildman–Crippen MR) is 59.7 cm³/mol. The van der Waals surface area contributed by atoms with Crippen LogP contribution in [0, 0.1) is 11.3 Å². The maximum atomic E-state index is 9.00. The number of aromatic nitrogens is 1. The molecule has 82 valence electrons.